The molecule has 0 radical (unpaired) electrons. The van der Waals surface area contributed by atoms with Crippen molar-refractivity contribution in [3.05, 3.63) is 170 Å². The molecule has 4 aromatic heterocycles. The standard InChI is InChI=1S/C44H28N6/c1-4-15-29(16-5-1)42-46-43(30-17-6-2-7-18-30)48-44(47-42)50-39-26-13-10-21-32(39)34-23-14-24-35(41(34)50)37-27-36-33-22-11-12-25-38(33)49(40(36)28-45-37)31-19-8-3-9-20-31/h1-28H. The third kappa shape index (κ3) is 4.43. The molecule has 10 aromatic rings. The number of hydrogen-bond donors (Lipinski definition) is 0. The lowest BCUT2D eigenvalue weighted by Gasteiger charge is -2.13. The number of pyridine rings is 1. The number of para-hydroxylation sites is 4. The molecule has 0 aliphatic heterocycles. The van der Waals surface area contributed by atoms with Gasteiger partial charge in [-0.25, -0.2) is 4.98 Å². The zero-order valence-corrected chi connectivity index (χ0v) is 26.8. The molecule has 0 atom stereocenters. The molecule has 10 rings (SSSR count). The molecule has 0 fully saturated rings. The highest BCUT2D eigenvalue weighted by molar-refractivity contribution is 6.15. The molecule has 0 unspecified atom stereocenters. The van der Waals surface area contributed by atoms with Crippen LogP contribution in [0.15, 0.2) is 170 Å². The van der Waals surface area contributed by atoms with Crippen LogP contribution in [0.4, 0.5) is 0 Å². The van der Waals surface area contributed by atoms with Gasteiger partial charge in [0.15, 0.2) is 11.6 Å². The molecule has 0 bridgehead atoms. The summed E-state index contributed by atoms with van der Waals surface area (Å²) in [5, 5.41) is 4.55. The zero-order valence-electron chi connectivity index (χ0n) is 26.8. The molecule has 6 heteroatoms. The molecule has 234 valence electrons. The third-order valence-corrected chi connectivity index (χ3v) is 9.43. The Bertz CT molecular complexity index is 2800. The SMILES string of the molecule is c1ccc(-c2nc(-c3ccccc3)nc(-n3c4ccccc4c4cccc(-c5cc6c7ccccc7n(-c7ccccc7)c6cn5)c43)n2)cc1. The third-order valence-electron chi connectivity index (χ3n) is 9.43. The van der Waals surface area contributed by atoms with Gasteiger partial charge in [0, 0.05) is 43.9 Å². The fraction of sp³-hybridized carbons (Fsp3) is 0. The smallest absolute Gasteiger partial charge is 0.238 e. The molecule has 6 aromatic carbocycles. The maximum atomic E-state index is 5.16. The molecule has 0 saturated heterocycles. The lowest BCUT2D eigenvalue weighted by atomic mass is 10.0. The largest absolute Gasteiger partial charge is 0.308 e. The summed E-state index contributed by atoms with van der Waals surface area (Å²) in [5.41, 5.74) is 9.06. The summed E-state index contributed by atoms with van der Waals surface area (Å²) in [6.07, 6.45) is 2.01. The summed E-state index contributed by atoms with van der Waals surface area (Å²) >= 11 is 0. The summed E-state index contributed by atoms with van der Waals surface area (Å²) in [6, 6.07) is 56.4. The van der Waals surface area contributed by atoms with Crippen LogP contribution in [0.1, 0.15) is 0 Å². The van der Waals surface area contributed by atoms with Gasteiger partial charge in [-0.3, -0.25) is 9.55 Å². The van der Waals surface area contributed by atoms with Crippen molar-refractivity contribution in [1.29, 1.82) is 0 Å². The Morgan fingerprint density at radius 1 is 0.400 bits per heavy atom. The minimum atomic E-state index is 0.554. The van der Waals surface area contributed by atoms with Crippen LogP contribution in [0.25, 0.3) is 89.3 Å². The summed E-state index contributed by atoms with van der Waals surface area (Å²) in [6.45, 7) is 0. The first kappa shape index (κ1) is 28.1. The Hall–Kier alpha value is -6.92. The van der Waals surface area contributed by atoms with Gasteiger partial charge < -0.3 is 4.57 Å². The minimum absolute atomic E-state index is 0.554. The van der Waals surface area contributed by atoms with Crippen molar-refractivity contribution in [2.75, 3.05) is 0 Å². The maximum absolute atomic E-state index is 5.16. The van der Waals surface area contributed by atoms with Crippen LogP contribution in [-0.2, 0) is 0 Å². The molecule has 0 saturated carbocycles. The topological polar surface area (TPSA) is 61.4 Å². The molecule has 0 aliphatic rings. The Balaban J connectivity index is 1.27. The first-order valence-electron chi connectivity index (χ1n) is 16.7. The van der Waals surface area contributed by atoms with E-state index in [0.29, 0.717) is 17.6 Å². The van der Waals surface area contributed by atoms with Gasteiger partial charge in [0.1, 0.15) is 0 Å². The summed E-state index contributed by atoms with van der Waals surface area (Å²) in [5.74, 6) is 1.79. The van der Waals surface area contributed by atoms with Crippen LogP contribution in [0.2, 0.25) is 0 Å². The average molecular weight is 641 g/mol. The van der Waals surface area contributed by atoms with Crippen LogP contribution in [0.3, 0.4) is 0 Å². The van der Waals surface area contributed by atoms with Gasteiger partial charge in [-0.15, -0.1) is 0 Å². The molecule has 0 aliphatic carbocycles. The van der Waals surface area contributed by atoms with E-state index in [1.807, 2.05) is 72.9 Å². The predicted octanol–water partition coefficient (Wildman–Crippen LogP) is 10.5. The van der Waals surface area contributed by atoms with Crippen molar-refractivity contribution in [1.82, 2.24) is 29.1 Å². The fourth-order valence-corrected chi connectivity index (χ4v) is 7.20. The van der Waals surface area contributed by atoms with Gasteiger partial charge in [0.05, 0.1) is 34.0 Å². The molecular weight excluding hydrogens is 613 g/mol. The second kappa shape index (κ2) is 11.4. The van der Waals surface area contributed by atoms with E-state index in [-0.39, 0.29) is 0 Å². The van der Waals surface area contributed by atoms with E-state index in [9.17, 15) is 0 Å². The molecule has 0 amide bonds. The van der Waals surface area contributed by atoms with E-state index in [1.165, 1.54) is 5.39 Å². The number of aromatic nitrogens is 6. The van der Waals surface area contributed by atoms with Crippen LogP contribution >= 0.6 is 0 Å². The van der Waals surface area contributed by atoms with Crippen LogP contribution in [0, 0.1) is 0 Å². The van der Waals surface area contributed by atoms with Gasteiger partial charge in [-0.2, -0.15) is 9.97 Å². The monoisotopic (exact) mass is 640 g/mol. The van der Waals surface area contributed by atoms with Gasteiger partial charge in [-0.1, -0.05) is 133 Å². The van der Waals surface area contributed by atoms with Crippen molar-refractivity contribution in [2.45, 2.75) is 0 Å². The van der Waals surface area contributed by atoms with E-state index in [2.05, 4.69) is 106 Å². The van der Waals surface area contributed by atoms with E-state index in [0.717, 1.165) is 66.3 Å². The van der Waals surface area contributed by atoms with Crippen molar-refractivity contribution >= 4 is 43.6 Å². The second-order valence-electron chi connectivity index (χ2n) is 12.3. The van der Waals surface area contributed by atoms with E-state index in [4.69, 9.17) is 19.9 Å². The zero-order chi connectivity index (χ0) is 33.0. The van der Waals surface area contributed by atoms with E-state index in [1.54, 1.807) is 0 Å². The molecule has 4 heterocycles. The van der Waals surface area contributed by atoms with Gasteiger partial charge in [0.25, 0.3) is 0 Å². The first-order valence-corrected chi connectivity index (χ1v) is 16.7. The number of fused-ring (bicyclic) bond motifs is 6. The number of hydrogen-bond acceptors (Lipinski definition) is 4. The summed E-state index contributed by atoms with van der Waals surface area (Å²) in [7, 11) is 0. The van der Waals surface area contributed by atoms with Gasteiger partial charge in [0.2, 0.25) is 5.95 Å². The quantitative estimate of drug-likeness (QED) is 0.188. The van der Waals surface area contributed by atoms with Crippen LogP contribution in [-0.4, -0.2) is 29.1 Å². The Labute approximate surface area is 287 Å². The van der Waals surface area contributed by atoms with E-state index >= 15 is 0 Å². The second-order valence-corrected chi connectivity index (χ2v) is 12.3. The number of rotatable bonds is 5. The maximum Gasteiger partial charge on any atom is 0.238 e. The highest BCUT2D eigenvalue weighted by Crippen LogP contribution is 2.39. The van der Waals surface area contributed by atoms with E-state index < -0.39 is 0 Å². The highest BCUT2D eigenvalue weighted by Gasteiger charge is 2.22. The van der Waals surface area contributed by atoms with Crippen molar-refractivity contribution in [3.8, 4) is 45.7 Å². The van der Waals surface area contributed by atoms with Gasteiger partial charge in [-0.05, 0) is 30.3 Å². The number of benzene rings is 6. The van der Waals surface area contributed by atoms with Crippen LogP contribution < -0.4 is 0 Å². The highest BCUT2D eigenvalue weighted by atomic mass is 15.2. The van der Waals surface area contributed by atoms with Crippen LogP contribution in [0.5, 0.6) is 0 Å². The lowest BCUT2D eigenvalue weighted by molar-refractivity contribution is 0.953. The van der Waals surface area contributed by atoms with Crippen molar-refractivity contribution < 1.29 is 0 Å². The van der Waals surface area contributed by atoms with Crippen molar-refractivity contribution in [3.63, 3.8) is 0 Å². The summed E-state index contributed by atoms with van der Waals surface area (Å²) in [4.78, 5) is 20.4. The van der Waals surface area contributed by atoms with Crippen molar-refractivity contribution in [2.24, 2.45) is 0 Å². The average Bonchev–Trinajstić information content (AvgIpc) is 3.71. The normalized spacial score (nSPS) is 11.6. The molecule has 50 heavy (non-hydrogen) atoms. The number of nitrogens with zero attached hydrogens (tertiary/aromatic N) is 6. The first-order chi connectivity index (χ1) is 24.8. The lowest BCUT2D eigenvalue weighted by Crippen LogP contribution is -2.07. The summed E-state index contributed by atoms with van der Waals surface area (Å²) < 4.78 is 4.47. The molecule has 0 spiro atoms. The fourth-order valence-electron chi connectivity index (χ4n) is 7.20. The predicted molar refractivity (Wildman–Crippen MR) is 203 cm³/mol. The van der Waals surface area contributed by atoms with Gasteiger partial charge >= 0.3 is 0 Å². The molecule has 6 nitrogen and oxygen atoms in total. The Morgan fingerprint density at radius 2 is 0.940 bits per heavy atom. The molecule has 0 N–H and O–H groups in total. The Morgan fingerprint density at radius 3 is 1.60 bits per heavy atom. The Kier molecular flexibility index (Phi) is 6.39. The minimum Gasteiger partial charge on any atom is -0.308 e. The molecular formula is C44H28N6.